The second-order valence-electron chi connectivity index (χ2n) is 11.6. The van der Waals surface area contributed by atoms with Crippen molar-refractivity contribution >= 4 is 5.91 Å². The van der Waals surface area contributed by atoms with Crippen molar-refractivity contribution < 1.29 is 33.6 Å². The van der Waals surface area contributed by atoms with Gasteiger partial charge in [-0.15, -0.1) is 0 Å². The molecule has 1 saturated heterocycles. The van der Waals surface area contributed by atoms with E-state index in [4.69, 9.17) is 29.4 Å². The highest BCUT2D eigenvalue weighted by molar-refractivity contribution is 5.80. The van der Waals surface area contributed by atoms with E-state index in [0.29, 0.717) is 50.9 Å². The van der Waals surface area contributed by atoms with E-state index in [2.05, 4.69) is 25.2 Å². The third kappa shape index (κ3) is 9.05. The first-order chi connectivity index (χ1) is 18.7. The summed E-state index contributed by atoms with van der Waals surface area (Å²) in [4.78, 5) is 13.1. The number of fused-ring (bicyclic) bond motifs is 1. The van der Waals surface area contributed by atoms with Gasteiger partial charge in [-0.2, -0.15) is 0 Å². The number of hydrogen-bond donors (Lipinski definition) is 3. The summed E-state index contributed by atoms with van der Waals surface area (Å²) in [6.07, 6.45) is 1.68. The Balaban J connectivity index is 1.57. The average Bonchev–Trinajstić information content (AvgIpc) is 3.61. The number of carbonyl (C=O) groups excluding carboxylic acids is 1. The maximum Gasteiger partial charge on any atom is 0.223 e. The van der Waals surface area contributed by atoms with Crippen LogP contribution < -0.4 is 20.5 Å². The van der Waals surface area contributed by atoms with Crippen molar-refractivity contribution in [3.63, 3.8) is 0 Å². The molecule has 9 heteroatoms. The molecule has 3 rings (SSSR count). The van der Waals surface area contributed by atoms with Gasteiger partial charge in [0.1, 0.15) is 12.2 Å². The smallest absolute Gasteiger partial charge is 0.223 e. The van der Waals surface area contributed by atoms with Crippen LogP contribution in [0.25, 0.3) is 0 Å². The minimum atomic E-state index is -0.783. The van der Waals surface area contributed by atoms with E-state index in [1.54, 1.807) is 14.2 Å². The number of nitrogens with two attached hydrogens (primary N) is 1. The topological polar surface area (TPSA) is 122 Å². The molecule has 0 aromatic heterocycles. The van der Waals surface area contributed by atoms with Crippen LogP contribution in [-0.2, 0) is 25.4 Å². The predicted octanol–water partition coefficient (Wildman–Crippen LogP) is 2.95. The Bertz CT molecular complexity index is 884. The van der Waals surface area contributed by atoms with Crippen LogP contribution >= 0.6 is 0 Å². The highest BCUT2D eigenvalue weighted by Gasteiger charge is 2.56. The molecule has 1 aliphatic carbocycles. The fourth-order valence-electron chi connectivity index (χ4n) is 5.32. The van der Waals surface area contributed by atoms with Gasteiger partial charge in [-0.25, -0.2) is 0 Å². The fraction of sp³-hybridized carbons (Fsp3) is 0.767. The van der Waals surface area contributed by atoms with Gasteiger partial charge in [-0.05, 0) is 54.7 Å². The Morgan fingerprint density at radius 2 is 1.74 bits per heavy atom. The van der Waals surface area contributed by atoms with Crippen LogP contribution in [0.2, 0.25) is 0 Å². The van der Waals surface area contributed by atoms with Gasteiger partial charge in [0.2, 0.25) is 5.91 Å². The maximum absolute atomic E-state index is 13.1. The summed E-state index contributed by atoms with van der Waals surface area (Å²) in [5.74, 6) is 1.68. The molecule has 39 heavy (non-hydrogen) atoms. The minimum Gasteiger partial charge on any atom is -0.493 e. The van der Waals surface area contributed by atoms with Gasteiger partial charge in [0.15, 0.2) is 11.5 Å². The number of nitrogens with one attached hydrogen (secondary N) is 1. The highest BCUT2D eigenvalue weighted by atomic mass is 16.6. The standard InChI is InChI=1S/C30H50N2O7/c1-18(2)21(14-20-8-9-25(36-6)26(15-20)37-11-7-10-35-5)16-23(31)24(33)17-22(19(3)4)30(34)32-27-28-29(27)39-13-12-38-28/h8-9,15,18-19,21-24,27-29,33H,7,10-14,16-17,31H2,1-6H3,(H,32,34)/t21-,22-,23-,24-,27?,28-,29+/m0/s1. The number of carbonyl (C=O) groups is 1. The molecule has 9 nitrogen and oxygen atoms in total. The van der Waals surface area contributed by atoms with Crippen molar-refractivity contribution in [2.24, 2.45) is 29.4 Å². The number of aliphatic hydroxyl groups is 1. The summed E-state index contributed by atoms with van der Waals surface area (Å²) in [6.45, 7) is 10.7. The second-order valence-corrected chi connectivity index (χ2v) is 11.6. The molecule has 2 aliphatic rings. The summed E-state index contributed by atoms with van der Waals surface area (Å²) in [7, 11) is 3.31. The summed E-state index contributed by atoms with van der Waals surface area (Å²) in [5.41, 5.74) is 7.69. The normalized spacial score (nSPS) is 23.6. The van der Waals surface area contributed by atoms with Crippen LogP contribution in [0.5, 0.6) is 11.5 Å². The molecule has 222 valence electrons. The molecule has 2 fully saturated rings. The van der Waals surface area contributed by atoms with E-state index in [1.807, 2.05) is 26.0 Å². The molecule has 7 atom stereocenters. The number of aliphatic hydroxyl groups excluding tert-OH is 1. The third-order valence-corrected chi connectivity index (χ3v) is 8.03. The molecule has 1 amide bonds. The Morgan fingerprint density at radius 3 is 2.33 bits per heavy atom. The zero-order valence-electron chi connectivity index (χ0n) is 24.6. The van der Waals surface area contributed by atoms with E-state index in [9.17, 15) is 9.90 Å². The first kappa shape index (κ1) is 31.6. The molecular formula is C30H50N2O7. The molecule has 1 aromatic rings. The van der Waals surface area contributed by atoms with Gasteiger partial charge in [0.25, 0.3) is 0 Å². The Hall–Kier alpha value is -1.91. The molecule has 0 spiro atoms. The van der Waals surface area contributed by atoms with Gasteiger partial charge in [-0.3, -0.25) is 4.79 Å². The lowest BCUT2D eigenvalue weighted by molar-refractivity contribution is -0.128. The summed E-state index contributed by atoms with van der Waals surface area (Å²) in [5, 5.41) is 14.2. The lowest BCUT2D eigenvalue weighted by Crippen LogP contribution is -2.43. The van der Waals surface area contributed by atoms with E-state index in [1.165, 1.54) is 0 Å². The van der Waals surface area contributed by atoms with E-state index in [0.717, 1.165) is 24.2 Å². The van der Waals surface area contributed by atoms with Crippen molar-refractivity contribution in [3.05, 3.63) is 23.8 Å². The van der Waals surface area contributed by atoms with Gasteiger partial charge in [0.05, 0.1) is 39.1 Å². The molecule has 0 radical (unpaired) electrons. The SMILES string of the molecule is COCCCOc1cc(C[C@@H](C[C@H](N)[C@@H](O)C[C@H](C(=O)NC2[C@H]3OCCO[C@@H]23)C(C)C)C(C)C)ccc1OC. The average molecular weight is 551 g/mol. The minimum absolute atomic E-state index is 0.0521. The van der Waals surface area contributed by atoms with Crippen molar-refractivity contribution in [2.45, 2.75) is 83.8 Å². The van der Waals surface area contributed by atoms with Gasteiger partial charge in [0, 0.05) is 32.1 Å². The molecule has 4 N–H and O–H groups in total. The van der Waals surface area contributed by atoms with Crippen LogP contribution in [0.1, 0.15) is 52.5 Å². The van der Waals surface area contributed by atoms with Crippen LogP contribution in [0.3, 0.4) is 0 Å². The summed E-state index contributed by atoms with van der Waals surface area (Å²) >= 11 is 0. The predicted molar refractivity (Wildman–Crippen MR) is 150 cm³/mol. The lowest BCUT2D eigenvalue weighted by atomic mass is 9.81. The Morgan fingerprint density at radius 1 is 1.05 bits per heavy atom. The van der Waals surface area contributed by atoms with Crippen LogP contribution in [0.4, 0.5) is 0 Å². The molecule has 1 saturated carbocycles. The lowest BCUT2D eigenvalue weighted by Gasteiger charge is -2.30. The zero-order valence-corrected chi connectivity index (χ0v) is 24.6. The second kappa shape index (κ2) is 15.2. The van der Waals surface area contributed by atoms with Crippen molar-refractivity contribution in [3.8, 4) is 11.5 Å². The highest BCUT2D eigenvalue weighted by Crippen LogP contribution is 2.34. The number of methoxy groups -OCH3 is 2. The fourth-order valence-corrected chi connectivity index (χ4v) is 5.32. The summed E-state index contributed by atoms with van der Waals surface area (Å²) in [6, 6.07) is 5.48. The van der Waals surface area contributed by atoms with E-state index in [-0.39, 0.29) is 41.9 Å². The van der Waals surface area contributed by atoms with Crippen molar-refractivity contribution in [2.75, 3.05) is 40.6 Å². The first-order valence-electron chi connectivity index (χ1n) is 14.4. The Kier molecular flexibility index (Phi) is 12.3. The molecule has 1 heterocycles. The molecule has 1 aromatic carbocycles. The molecule has 1 unspecified atom stereocenters. The number of amides is 1. The molecule has 0 bridgehead atoms. The van der Waals surface area contributed by atoms with Crippen molar-refractivity contribution in [1.29, 1.82) is 0 Å². The van der Waals surface area contributed by atoms with Crippen LogP contribution in [-0.4, -0.2) is 82.1 Å². The number of benzene rings is 1. The number of hydrogen-bond acceptors (Lipinski definition) is 8. The first-order valence-corrected chi connectivity index (χ1v) is 14.4. The number of ether oxygens (including phenoxy) is 5. The summed E-state index contributed by atoms with van der Waals surface area (Å²) < 4.78 is 27.9. The van der Waals surface area contributed by atoms with Gasteiger partial charge >= 0.3 is 0 Å². The third-order valence-electron chi connectivity index (χ3n) is 8.03. The molecular weight excluding hydrogens is 500 g/mol. The van der Waals surface area contributed by atoms with Crippen LogP contribution in [0.15, 0.2) is 18.2 Å². The van der Waals surface area contributed by atoms with Crippen molar-refractivity contribution in [1.82, 2.24) is 5.32 Å². The van der Waals surface area contributed by atoms with Crippen LogP contribution in [0, 0.1) is 23.7 Å². The van der Waals surface area contributed by atoms with E-state index >= 15 is 0 Å². The van der Waals surface area contributed by atoms with Gasteiger partial charge in [-0.1, -0.05) is 33.8 Å². The maximum atomic E-state index is 13.1. The monoisotopic (exact) mass is 550 g/mol. The zero-order chi connectivity index (χ0) is 28.5. The largest absolute Gasteiger partial charge is 0.493 e. The number of rotatable bonds is 17. The Labute approximate surface area is 234 Å². The van der Waals surface area contributed by atoms with E-state index < -0.39 is 12.1 Å². The molecule has 1 aliphatic heterocycles. The quantitative estimate of drug-likeness (QED) is 0.253. The van der Waals surface area contributed by atoms with Gasteiger partial charge < -0.3 is 39.8 Å².